The second-order valence-corrected chi connectivity index (χ2v) is 12.9. The van der Waals surface area contributed by atoms with Crippen LogP contribution in [0, 0.1) is 17.8 Å². The first kappa shape index (κ1) is 27.7. The average Bonchev–Trinajstić information content (AvgIpc) is 3.58. The van der Waals surface area contributed by atoms with Crippen LogP contribution in [0.4, 0.5) is 5.69 Å². The Morgan fingerprint density at radius 2 is 1.85 bits per heavy atom. The number of piperidine rings is 1. The summed E-state index contributed by atoms with van der Waals surface area (Å²) in [5.74, 6) is -1.29. The summed E-state index contributed by atoms with van der Waals surface area (Å²) < 4.78 is 6.48. The number of amides is 3. The van der Waals surface area contributed by atoms with Crippen molar-refractivity contribution in [1.29, 1.82) is 0 Å². The third kappa shape index (κ3) is 5.19. The van der Waals surface area contributed by atoms with Crippen molar-refractivity contribution >= 4 is 35.0 Å². The van der Waals surface area contributed by atoms with Gasteiger partial charge in [0.25, 0.3) is 0 Å². The molecule has 2 N–H and O–H groups in total. The number of carbonyl (C=O) groups is 3. The Labute approximate surface area is 241 Å². The maximum Gasteiger partial charge on any atom is 0.246 e. The lowest BCUT2D eigenvalue weighted by molar-refractivity contribution is -0.141. The van der Waals surface area contributed by atoms with E-state index in [4.69, 9.17) is 16.3 Å². The van der Waals surface area contributed by atoms with Crippen LogP contribution in [0.25, 0.3) is 0 Å². The highest BCUT2D eigenvalue weighted by Crippen LogP contribution is 2.55. The predicted molar refractivity (Wildman–Crippen MR) is 154 cm³/mol. The molecule has 1 aromatic carbocycles. The molecule has 3 saturated heterocycles. The van der Waals surface area contributed by atoms with Gasteiger partial charge in [0, 0.05) is 23.3 Å². The minimum atomic E-state index is -1.13. The van der Waals surface area contributed by atoms with Gasteiger partial charge in [0.15, 0.2) is 0 Å². The summed E-state index contributed by atoms with van der Waals surface area (Å²) in [6, 6.07) is 6.31. The number of nitrogens with zero attached hydrogens (tertiary/aromatic N) is 2. The van der Waals surface area contributed by atoms with E-state index in [0.717, 1.165) is 57.7 Å². The molecule has 1 spiro atoms. The van der Waals surface area contributed by atoms with Crippen molar-refractivity contribution in [3.63, 3.8) is 0 Å². The lowest BCUT2D eigenvalue weighted by Crippen LogP contribution is -2.56. The van der Waals surface area contributed by atoms with Gasteiger partial charge >= 0.3 is 0 Å². The number of halogens is 1. The molecule has 2 bridgehead atoms. The summed E-state index contributed by atoms with van der Waals surface area (Å²) in [7, 11) is 0. The number of rotatable bonds is 8. The second-order valence-electron chi connectivity index (χ2n) is 12.5. The number of ether oxygens (including phenoxy) is 1. The molecule has 40 heavy (non-hydrogen) atoms. The van der Waals surface area contributed by atoms with E-state index in [1.807, 2.05) is 12.2 Å². The normalized spacial score (nSPS) is 32.5. The van der Waals surface area contributed by atoms with Crippen molar-refractivity contribution in [2.45, 2.75) is 82.1 Å². The average molecular weight is 569 g/mol. The van der Waals surface area contributed by atoms with Crippen molar-refractivity contribution in [1.82, 2.24) is 15.1 Å². The van der Waals surface area contributed by atoms with Crippen LogP contribution in [-0.4, -0.2) is 77.5 Å². The molecule has 0 aromatic heterocycles. The summed E-state index contributed by atoms with van der Waals surface area (Å²) in [5.41, 5.74) is -0.555. The number of carbonyl (C=O) groups excluding carboxylic acids is 3. The smallest absolute Gasteiger partial charge is 0.246 e. The van der Waals surface area contributed by atoms with Crippen LogP contribution in [0.15, 0.2) is 36.4 Å². The predicted octanol–water partition coefficient (Wildman–Crippen LogP) is 4.00. The molecule has 6 rings (SSSR count). The first-order chi connectivity index (χ1) is 19.4. The molecule has 4 aliphatic heterocycles. The molecule has 9 heteroatoms. The first-order valence-electron chi connectivity index (χ1n) is 15.1. The summed E-state index contributed by atoms with van der Waals surface area (Å²) in [4.78, 5) is 45.9. The van der Waals surface area contributed by atoms with Crippen molar-refractivity contribution in [3.8, 4) is 0 Å². The quantitative estimate of drug-likeness (QED) is 0.463. The molecule has 4 heterocycles. The number of fused-ring (bicyclic) bond motifs is 1. The molecule has 0 radical (unpaired) electrons. The molecule has 216 valence electrons. The molecule has 5 aliphatic rings. The van der Waals surface area contributed by atoms with Crippen LogP contribution < -0.4 is 10.6 Å². The fourth-order valence-corrected chi connectivity index (χ4v) is 7.77. The molecule has 4 fully saturated rings. The lowest BCUT2D eigenvalue weighted by atomic mass is 9.74. The van der Waals surface area contributed by atoms with Crippen molar-refractivity contribution in [2.75, 3.05) is 31.5 Å². The molecule has 1 aromatic rings. The Kier molecular flexibility index (Phi) is 7.94. The first-order valence-corrected chi connectivity index (χ1v) is 15.5. The number of benzene rings is 1. The van der Waals surface area contributed by atoms with Crippen LogP contribution in [0.5, 0.6) is 0 Å². The van der Waals surface area contributed by atoms with E-state index in [0.29, 0.717) is 17.3 Å². The fraction of sp³-hybridized carbons (Fsp3) is 0.645. The number of nitrogens with one attached hydrogen (secondary N) is 2. The minimum Gasteiger partial charge on any atom is -0.359 e. The van der Waals surface area contributed by atoms with E-state index < -0.39 is 29.6 Å². The number of anilines is 1. The zero-order chi connectivity index (χ0) is 27.9. The fourth-order valence-electron chi connectivity index (χ4n) is 7.58. The number of hydrogen-bond donors (Lipinski definition) is 2. The lowest BCUT2D eigenvalue weighted by Gasteiger charge is -2.35. The maximum absolute atomic E-state index is 14.1. The molecule has 1 saturated carbocycles. The molecule has 3 amide bonds. The van der Waals surface area contributed by atoms with E-state index in [-0.39, 0.29) is 23.8 Å². The minimum absolute atomic E-state index is 0.119. The van der Waals surface area contributed by atoms with Crippen molar-refractivity contribution < 1.29 is 19.1 Å². The van der Waals surface area contributed by atoms with Gasteiger partial charge in [-0.05, 0) is 75.9 Å². The van der Waals surface area contributed by atoms with E-state index in [1.165, 1.54) is 19.3 Å². The summed E-state index contributed by atoms with van der Waals surface area (Å²) in [5, 5.41) is 6.72. The van der Waals surface area contributed by atoms with Crippen molar-refractivity contribution in [2.24, 2.45) is 17.8 Å². The zero-order valence-electron chi connectivity index (χ0n) is 23.3. The largest absolute Gasteiger partial charge is 0.359 e. The molecule has 1 aliphatic carbocycles. The van der Waals surface area contributed by atoms with Gasteiger partial charge in [-0.3, -0.25) is 14.4 Å². The molecular formula is C31H41ClN4O4. The third-order valence-electron chi connectivity index (χ3n) is 9.72. The zero-order valence-corrected chi connectivity index (χ0v) is 24.1. The summed E-state index contributed by atoms with van der Waals surface area (Å²) >= 11 is 6.13. The van der Waals surface area contributed by atoms with E-state index >= 15 is 0 Å². The standard InChI is InChI=1S/C31H41ClN4O4/c1-20-12-17-35(18-13-20)15-6-16-36-27(29(38)33-22-8-3-2-4-9-22)31-14-11-24(40-31)25(26(31)30(36)39)28(37)34-23-10-5-7-21(32)19-23/h5,7,10-11,14,19-20,22,24-27H,2-4,6,8-9,12-13,15-18H2,1H3,(H,33,38)(H,34,37)/t24-,25+,26-,27-,31-/m0/s1. The van der Waals surface area contributed by atoms with Gasteiger partial charge in [0.05, 0.1) is 17.9 Å². The van der Waals surface area contributed by atoms with Gasteiger partial charge in [0.1, 0.15) is 11.6 Å². The van der Waals surface area contributed by atoms with Gasteiger partial charge < -0.3 is 25.2 Å². The Morgan fingerprint density at radius 3 is 2.60 bits per heavy atom. The Balaban J connectivity index is 1.22. The van der Waals surface area contributed by atoms with Gasteiger partial charge in [-0.15, -0.1) is 0 Å². The highest BCUT2D eigenvalue weighted by Gasteiger charge is 2.72. The van der Waals surface area contributed by atoms with Crippen LogP contribution in [0.1, 0.15) is 58.3 Å². The summed E-state index contributed by atoms with van der Waals surface area (Å²) in [6.07, 6.45) is 11.7. The van der Waals surface area contributed by atoms with Crippen LogP contribution in [0.3, 0.4) is 0 Å². The van der Waals surface area contributed by atoms with Gasteiger partial charge in [0.2, 0.25) is 17.7 Å². The SMILES string of the molecule is CC1CCN(CCCN2C(=O)[C@@H]3[C@H](C(=O)Nc4cccc(Cl)c4)[C@@H]4C=C[C@@]3(O4)[C@@H]2C(=O)NC2CCCCC2)CC1. The second kappa shape index (κ2) is 11.5. The van der Waals surface area contributed by atoms with E-state index in [1.54, 1.807) is 29.2 Å². The monoisotopic (exact) mass is 568 g/mol. The van der Waals surface area contributed by atoms with Crippen LogP contribution in [0.2, 0.25) is 5.02 Å². The highest BCUT2D eigenvalue weighted by molar-refractivity contribution is 6.30. The topological polar surface area (TPSA) is 91.0 Å². The molecule has 5 atom stereocenters. The van der Waals surface area contributed by atoms with Crippen molar-refractivity contribution in [3.05, 3.63) is 41.4 Å². The molecule has 0 unspecified atom stereocenters. The van der Waals surface area contributed by atoms with E-state index in [9.17, 15) is 14.4 Å². The Bertz CT molecular complexity index is 1160. The van der Waals surface area contributed by atoms with Gasteiger partial charge in [-0.2, -0.15) is 0 Å². The van der Waals surface area contributed by atoms with Crippen LogP contribution >= 0.6 is 11.6 Å². The number of hydrogen-bond acceptors (Lipinski definition) is 5. The van der Waals surface area contributed by atoms with Crippen LogP contribution in [-0.2, 0) is 19.1 Å². The highest BCUT2D eigenvalue weighted by atomic mass is 35.5. The Morgan fingerprint density at radius 1 is 1.07 bits per heavy atom. The van der Waals surface area contributed by atoms with Gasteiger partial charge in [-0.1, -0.05) is 56.0 Å². The Hall–Kier alpha value is -2.42. The maximum atomic E-state index is 14.1. The third-order valence-corrected chi connectivity index (χ3v) is 9.95. The molecular weight excluding hydrogens is 528 g/mol. The van der Waals surface area contributed by atoms with Gasteiger partial charge in [-0.25, -0.2) is 0 Å². The van der Waals surface area contributed by atoms with E-state index in [2.05, 4.69) is 22.5 Å². The molecule has 8 nitrogen and oxygen atoms in total. The summed E-state index contributed by atoms with van der Waals surface area (Å²) in [6.45, 7) is 5.81. The number of likely N-dealkylation sites (tertiary alicyclic amines) is 2.